The summed E-state index contributed by atoms with van der Waals surface area (Å²) >= 11 is 0. The molecule has 264 valence electrons. The Morgan fingerprint density at radius 3 is 1.16 bits per heavy atom. The topological polar surface area (TPSA) is 8.17 Å². The first-order valence-electron chi connectivity index (χ1n) is 19.2. The van der Waals surface area contributed by atoms with Crippen LogP contribution in [0.3, 0.4) is 0 Å². The maximum Gasteiger partial charge on any atom is 0.0547 e. The molecular formula is C54H38N2. The maximum absolute atomic E-state index is 2.41. The summed E-state index contributed by atoms with van der Waals surface area (Å²) in [4.78, 5) is 2.34. The summed E-state index contributed by atoms with van der Waals surface area (Å²) in [5.41, 5.74) is 16.4. The van der Waals surface area contributed by atoms with Gasteiger partial charge in [-0.2, -0.15) is 0 Å². The normalized spacial score (nSPS) is 11.2. The van der Waals surface area contributed by atoms with Crippen LogP contribution in [-0.4, -0.2) is 4.57 Å². The van der Waals surface area contributed by atoms with E-state index in [2.05, 4.69) is 240 Å². The highest BCUT2D eigenvalue weighted by molar-refractivity contribution is 6.10. The quantitative estimate of drug-likeness (QED) is 0.152. The molecule has 0 fully saturated rings. The fraction of sp³-hybridized carbons (Fsp3) is 0. The summed E-state index contributed by atoms with van der Waals surface area (Å²) in [6.45, 7) is 0. The fourth-order valence-corrected chi connectivity index (χ4v) is 8.00. The number of hydrogen-bond donors (Lipinski definition) is 0. The summed E-state index contributed by atoms with van der Waals surface area (Å²) in [6.07, 6.45) is 0. The van der Waals surface area contributed by atoms with Crippen LogP contribution < -0.4 is 4.90 Å². The first-order chi connectivity index (χ1) is 27.8. The van der Waals surface area contributed by atoms with E-state index < -0.39 is 0 Å². The van der Waals surface area contributed by atoms with E-state index in [0.29, 0.717) is 0 Å². The van der Waals surface area contributed by atoms with Crippen molar-refractivity contribution in [3.05, 3.63) is 231 Å². The molecule has 0 unspecified atom stereocenters. The first kappa shape index (κ1) is 33.2. The van der Waals surface area contributed by atoms with Crippen molar-refractivity contribution in [2.75, 3.05) is 4.90 Å². The van der Waals surface area contributed by atoms with Crippen LogP contribution in [0, 0.1) is 0 Å². The monoisotopic (exact) mass is 714 g/mol. The Kier molecular flexibility index (Phi) is 8.55. The van der Waals surface area contributed by atoms with Gasteiger partial charge in [-0.15, -0.1) is 0 Å². The number of fused-ring (bicyclic) bond motifs is 3. The molecular weight excluding hydrogens is 677 g/mol. The average molecular weight is 715 g/mol. The van der Waals surface area contributed by atoms with E-state index in [9.17, 15) is 0 Å². The van der Waals surface area contributed by atoms with Crippen LogP contribution in [0.4, 0.5) is 17.1 Å². The molecule has 0 saturated heterocycles. The SMILES string of the molecule is c1ccc(-c2ccc(N(c3ccc(-c4ccccc4)cc3)c3ccc(-c4cccc(-n5c6ccccc6c6ccc(-c7ccccc7)cc65)c4)cc3)cc2)cc1. The highest BCUT2D eigenvalue weighted by Gasteiger charge is 2.16. The lowest BCUT2D eigenvalue weighted by Crippen LogP contribution is -2.09. The molecule has 10 aromatic rings. The van der Waals surface area contributed by atoms with Crippen LogP contribution in [0.1, 0.15) is 0 Å². The van der Waals surface area contributed by atoms with Gasteiger partial charge in [0.2, 0.25) is 0 Å². The van der Waals surface area contributed by atoms with Crippen LogP contribution in [-0.2, 0) is 0 Å². The lowest BCUT2D eigenvalue weighted by Gasteiger charge is -2.26. The molecule has 0 saturated carbocycles. The summed E-state index contributed by atoms with van der Waals surface area (Å²) < 4.78 is 2.41. The lowest BCUT2D eigenvalue weighted by molar-refractivity contribution is 1.18. The molecule has 0 aliphatic rings. The van der Waals surface area contributed by atoms with E-state index in [4.69, 9.17) is 0 Å². The average Bonchev–Trinajstić information content (AvgIpc) is 3.62. The van der Waals surface area contributed by atoms with Crippen molar-refractivity contribution < 1.29 is 0 Å². The van der Waals surface area contributed by atoms with Crippen LogP contribution >= 0.6 is 0 Å². The number of para-hydroxylation sites is 1. The van der Waals surface area contributed by atoms with Crippen molar-refractivity contribution in [3.63, 3.8) is 0 Å². The smallest absolute Gasteiger partial charge is 0.0547 e. The third-order valence-electron chi connectivity index (χ3n) is 10.8. The molecule has 1 heterocycles. The second-order valence-corrected chi connectivity index (χ2v) is 14.2. The van der Waals surface area contributed by atoms with Crippen molar-refractivity contribution in [1.82, 2.24) is 4.57 Å². The molecule has 9 aromatic carbocycles. The second kappa shape index (κ2) is 14.4. The van der Waals surface area contributed by atoms with E-state index in [1.807, 2.05) is 0 Å². The number of aromatic nitrogens is 1. The Morgan fingerprint density at radius 1 is 0.250 bits per heavy atom. The molecule has 56 heavy (non-hydrogen) atoms. The number of hydrogen-bond acceptors (Lipinski definition) is 1. The van der Waals surface area contributed by atoms with Gasteiger partial charge in [0, 0.05) is 33.5 Å². The van der Waals surface area contributed by atoms with Crippen molar-refractivity contribution in [2.45, 2.75) is 0 Å². The van der Waals surface area contributed by atoms with Crippen molar-refractivity contribution in [2.24, 2.45) is 0 Å². The van der Waals surface area contributed by atoms with Crippen LogP contribution in [0.15, 0.2) is 231 Å². The minimum Gasteiger partial charge on any atom is -0.311 e. The molecule has 0 N–H and O–H groups in total. The molecule has 0 aliphatic carbocycles. The minimum atomic E-state index is 1.10. The van der Waals surface area contributed by atoms with Crippen LogP contribution in [0.5, 0.6) is 0 Å². The molecule has 0 amide bonds. The van der Waals surface area contributed by atoms with E-state index >= 15 is 0 Å². The number of nitrogens with zero attached hydrogens (tertiary/aromatic N) is 2. The largest absolute Gasteiger partial charge is 0.311 e. The number of benzene rings is 9. The zero-order valence-electron chi connectivity index (χ0n) is 30.8. The van der Waals surface area contributed by atoms with Gasteiger partial charge in [-0.05, 0) is 105 Å². The number of rotatable bonds is 8. The van der Waals surface area contributed by atoms with Gasteiger partial charge >= 0.3 is 0 Å². The Hall–Kier alpha value is -7.42. The van der Waals surface area contributed by atoms with E-state index in [0.717, 1.165) is 22.7 Å². The Balaban J connectivity index is 1.03. The van der Waals surface area contributed by atoms with Crippen LogP contribution in [0.2, 0.25) is 0 Å². The zero-order valence-corrected chi connectivity index (χ0v) is 30.8. The fourth-order valence-electron chi connectivity index (χ4n) is 8.00. The predicted molar refractivity (Wildman–Crippen MR) is 237 cm³/mol. The highest BCUT2D eigenvalue weighted by Crippen LogP contribution is 2.39. The second-order valence-electron chi connectivity index (χ2n) is 14.2. The molecule has 0 spiro atoms. The van der Waals surface area contributed by atoms with Crippen molar-refractivity contribution in [3.8, 4) is 50.2 Å². The van der Waals surface area contributed by atoms with Gasteiger partial charge in [0.25, 0.3) is 0 Å². The van der Waals surface area contributed by atoms with Crippen molar-refractivity contribution >= 4 is 38.9 Å². The van der Waals surface area contributed by atoms with Crippen LogP contribution in [0.25, 0.3) is 72.0 Å². The van der Waals surface area contributed by atoms with Gasteiger partial charge in [0.05, 0.1) is 11.0 Å². The first-order valence-corrected chi connectivity index (χ1v) is 19.2. The minimum absolute atomic E-state index is 1.10. The van der Waals surface area contributed by atoms with Gasteiger partial charge in [-0.3, -0.25) is 0 Å². The van der Waals surface area contributed by atoms with Gasteiger partial charge in [-0.1, -0.05) is 170 Å². The van der Waals surface area contributed by atoms with E-state index in [1.54, 1.807) is 0 Å². The zero-order chi connectivity index (χ0) is 37.3. The van der Waals surface area contributed by atoms with E-state index in [-0.39, 0.29) is 0 Å². The van der Waals surface area contributed by atoms with Gasteiger partial charge in [0.1, 0.15) is 0 Å². The molecule has 1 aromatic heterocycles. The van der Waals surface area contributed by atoms with Crippen molar-refractivity contribution in [1.29, 1.82) is 0 Å². The molecule has 2 heteroatoms. The molecule has 10 rings (SSSR count). The predicted octanol–water partition coefficient (Wildman–Crippen LogP) is 14.9. The molecule has 0 bridgehead atoms. The molecule has 2 nitrogen and oxygen atoms in total. The lowest BCUT2D eigenvalue weighted by atomic mass is 10.0. The summed E-state index contributed by atoms with van der Waals surface area (Å²) in [5, 5.41) is 2.51. The Morgan fingerprint density at radius 2 is 0.625 bits per heavy atom. The van der Waals surface area contributed by atoms with E-state index in [1.165, 1.54) is 66.3 Å². The Labute approximate surface area is 327 Å². The summed E-state index contributed by atoms with van der Waals surface area (Å²) in [6, 6.07) is 83.0. The molecule has 0 radical (unpaired) electrons. The van der Waals surface area contributed by atoms with Gasteiger partial charge in [-0.25, -0.2) is 0 Å². The Bertz CT molecular complexity index is 2830. The maximum atomic E-state index is 2.41. The molecule has 0 aliphatic heterocycles. The van der Waals surface area contributed by atoms with Gasteiger partial charge in [0.15, 0.2) is 0 Å². The third-order valence-corrected chi connectivity index (χ3v) is 10.8. The standard InChI is InChI=1S/C54H38N2/c1-4-13-39(14-5-1)42-23-30-47(31-24-42)55(48-32-25-43(26-33-48)40-15-6-2-7-16-40)49-34-27-44(28-35-49)45-19-12-20-50(37-45)56-53-22-11-10-21-51(53)52-36-29-46(38-54(52)56)41-17-8-3-9-18-41/h1-38H. The summed E-state index contributed by atoms with van der Waals surface area (Å²) in [7, 11) is 0. The molecule has 0 atom stereocenters. The third kappa shape index (κ3) is 6.24. The van der Waals surface area contributed by atoms with Gasteiger partial charge < -0.3 is 9.47 Å². The summed E-state index contributed by atoms with van der Waals surface area (Å²) in [5.74, 6) is 0. The number of anilines is 3. The highest BCUT2D eigenvalue weighted by atomic mass is 15.1.